The van der Waals surface area contributed by atoms with Crippen molar-refractivity contribution in [3.05, 3.63) is 52.8 Å². The summed E-state index contributed by atoms with van der Waals surface area (Å²) in [5.74, 6) is -2.82. The van der Waals surface area contributed by atoms with Crippen LogP contribution in [0.5, 0.6) is 0 Å². The number of morpholine rings is 1. The number of aryl methyl sites for hydroxylation is 2. The molecule has 0 unspecified atom stereocenters. The number of carbonyl (C=O) groups excluding carboxylic acids is 1. The summed E-state index contributed by atoms with van der Waals surface area (Å²) in [7, 11) is 1.76. The molecular weight excluding hydrogens is 600 g/mol. The van der Waals surface area contributed by atoms with Gasteiger partial charge in [-0.15, -0.1) is 0 Å². The fourth-order valence-electron chi connectivity index (χ4n) is 4.73. The van der Waals surface area contributed by atoms with Crippen LogP contribution in [0, 0.1) is 0 Å². The number of carboxylic acid groups (broad SMARTS) is 1. The lowest BCUT2D eigenvalue weighted by Crippen LogP contribution is -2.41. The molecule has 0 bridgehead atoms. The summed E-state index contributed by atoms with van der Waals surface area (Å²) in [6, 6.07) is 4.89. The highest BCUT2D eigenvalue weighted by atomic mass is 19.4. The average molecular weight is 630 g/mol. The highest BCUT2D eigenvalue weighted by Crippen LogP contribution is 2.34. The van der Waals surface area contributed by atoms with Gasteiger partial charge in [-0.25, -0.2) is 14.8 Å². The van der Waals surface area contributed by atoms with Crippen LogP contribution in [-0.4, -0.2) is 87.2 Å². The summed E-state index contributed by atoms with van der Waals surface area (Å²) in [5.41, 5.74) is 2.90. The lowest BCUT2D eigenvalue weighted by molar-refractivity contribution is -0.192. The number of aromatic nitrogens is 4. The van der Waals surface area contributed by atoms with Crippen molar-refractivity contribution in [1.29, 1.82) is 0 Å². The van der Waals surface area contributed by atoms with Gasteiger partial charge in [-0.2, -0.15) is 31.4 Å². The van der Waals surface area contributed by atoms with Crippen LogP contribution in [0.2, 0.25) is 0 Å². The standard InChI is InChI=1S/C25H28F3N7O2.C2HF3O2/c1-34-22-19(21(33-34)23(36)29-8-9-35-10-12-37-13-11-35)7-2-4-16-15-30-24(32-20(16)22)31-18-6-3-5-17(14-18)25(26,27)28;3-2(4,5)1(6)7/h3,5-6,14-15H,2,4,7-13H2,1H3,(H,29,36)(H,30,31,32);(H,6,7). The zero-order valence-corrected chi connectivity index (χ0v) is 23.4. The molecule has 1 saturated heterocycles. The number of nitrogens with zero attached hydrogens (tertiary/aromatic N) is 5. The van der Waals surface area contributed by atoms with Crippen LogP contribution in [0.25, 0.3) is 11.4 Å². The van der Waals surface area contributed by atoms with E-state index in [-0.39, 0.29) is 17.5 Å². The number of fused-ring (bicyclic) bond motifs is 3. The summed E-state index contributed by atoms with van der Waals surface area (Å²) in [4.78, 5) is 33.2. The molecule has 2 aromatic heterocycles. The SMILES string of the molecule is Cn1nc(C(=O)NCCN2CCOCC2)c2c1-c1nc(Nc3cccc(C(F)(F)F)c3)ncc1CCC2.O=C(O)C(F)(F)F. The van der Waals surface area contributed by atoms with Crippen molar-refractivity contribution in [2.75, 3.05) is 44.7 Å². The monoisotopic (exact) mass is 629 g/mol. The van der Waals surface area contributed by atoms with E-state index in [0.29, 0.717) is 44.0 Å². The second kappa shape index (κ2) is 13.6. The molecule has 0 saturated carbocycles. The molecule has 3 aromatic rings. The first-order chi connectivity index (χ1) is 20.7. The van der Waals surface area contributed by atoms with E-state index in [0.717, 1.165) is 55.0 Å². The molecule has 1 aliphatic carbocycles. The molecule has 1 fully saturated rings. The van der Waals surface area contributed by atoms with Gasteiger partial charge >= 0.3 is 18.3 Å². The number of halogens is 6. The number of aliphatic carboxylic acids is 1. The molecule has 238 valence electrons. The van der Waals surface area contributed by atoms with Crippen LogP contribution in [0.4, 0.5) is 38.0 Å². The second-order valence-corrected chi connectivity index (χ2v) is 9.94. The zero-order valence-electron chi connectivity index (χ0n) is 23.4. The average Bonchev–Trinajstić information content (AvgIpc) is 3.17. The molecule has 1 amide bonds. The van der Waals surface area contributed by atoms with Crippen LogP contribution >= 0.6 is 0 Å². The molecule has 1 aromatic carbocycles. The first kappa shape index (κ1) is 32.7. The van der Waals surface area contributed by atoms with Crippen molar-refractivity contribution in [2.45, 2.75) is 31.6 Å². The molecule has 0 radical (unpaired) electrons. The van der Waals surface area contributed by atoms with E-state index in [1.54, 1.807) is 17.9 Å². The highest BCUT2D eigenvalue weighted by molar-refractivity contribution is 5.95. The van der Waals surface area contributed by atoms with Gasteiger partial charge in [0.1, 0.15) is 0 Å². The number of carbonyl (C=O) groups is 2. The molecule has 3 heterocycles. The van der Waals surface area contributed by atoms with E-state index in [1.807, 2.05) is 0 Å². The van der Waals surface area contributed by atoms with E-state index in [4.69, 9.17) is 14.6 Å². The molecule has 11 nitrogen and oxygen atoms in total. The zero-order chi connectivity index (χ0) is 32.1. The third kappa shape index (κ3) is 8.22. The molecule has 3 N–H and O–H groups in total. The Morgan fingerprint density at radius 2 is 1.80 bits per heavy atom. The molecule has 0 atom stereocenters. The molecule has 1 aliphatic heterocycles. The Bertz CT molecular complexity index is 1490. The van der Waals surface area contributed by atoms with Gasteiger partial charge in [-0.1, -0.05) is 6.07 Å². The Labute approximate surface area is 247 Å². The lowest BCUT2D eigenvalue weighted by atomic mass is 10.1. The number of ether oxygens (including phenoxy) is 1. The highest BCUT2D eigenvalue weighted by Gasteiger charge is 2.38. The third-order valence-electron chi connectivity index (χ3n) is 6.83. The number of hydrogen-bond donors (Lipinski definition) is 3. The molecule has 0 spiro atoms. The van der Waals surface area contributed by atoms with Crippen LogP contribution in [-0.2, 0) is 35.6 Å². The Balaban J connectivity index is 0.000000566. The molecule has 5 rings (SSSR count). The molecule has 17 heteroatoms. The van der Waals surface area contributed by atoms with Crippen molar-refractivity contribution in [3.8, 4) is 11.4 Å². The number of nitrogens with one attached hydrogen (secondary N) is 2. The summed E-state index contributed by atoms with van der Waals surface area (Å²) < 4.78 is 78.1. The maximum absolute atomic E-state index is 13.1. The van der Waals surface area contributed by atoms with Gasteiger partial charge in [0.05, 0.1) is 30.2 Å². The van der Waals surface area contributed by atoms with Crippen molar-refractivity contribution >= 4 is 23.5 Å². The summed E-state index contributed by atoms with van der Waals surface area (Å²) in [6.45, 7) is 4.35. The maximum Gasteiger partial charge on any atom is 0.490 e. The van der Waals surface area contributed by atoms with Crippen LogP contribution in [0.1, 0.15) is 33.6 Å². The summed E-state index contributed by atoms with van der Waals surface area (Å²) >= 11 is 0. The normalized spacial score (nSPS) is 15.2. The Morgan fingerprint density at radius 3 is 2.45 bits per heavy atom. The van der Waals surface area contributed by atoms with Crippen molar-refractivity contribution in [1.82, 2.24) is 30.0 Å². The minimum Gasteiger partial charge on any atom is -0.475 e. The number of hydrogen-bond acceptors (Lipinski definition) is 8. The first-order valence-corrected chi connectivity index (χ1v) is 13.5. The van der Waals surface area contributed by atoms with Gasteiger partial charge < -0.3 is 20.5 Å². The number of anilines is 2. The number of rotatable bonds is 6. The van der Waals surface area contributed by atoms with Crippen LogP contribution < -0.4 is 10.6 Å². The van der Waals surface area contributed by atoms with Gasteiger partial charge in [0.25, 0.3) is 5.91 Å². The van der Waals surface area contributed by atoms with E-state index >= 15 is 0 Å². The molecule has 2 aliphatic rings. The van der Waals surface area contributed by atoms with Crippen molar-refractivity contribution in [3.63, 3.8) is 0 Å². The van der Waals surface area contributed by atoms with Gasteiger partial charge in [-0.05, 0) is 43.0 Å². The fraction of sp³-hybridized carbons (Fsp3) is 0.444. The topological polar surface area (TPSA) is 134 Å². The predicted molar refractivity (Wildman–Crippen MR) is 144 cm³/mol. The van der Waals surface area contributed by atoms with E-state index in [9.17, 15) is 31.1 Å². The van der Waals surface area contributed by atoms with Gasteiger partial charge in [0.2, 0.25) is 5.95 Å². The largest absolute Gasteiger partial charge is 0.490 e. The minimum atomic E-state index is -5.08. The maximum atomic E-state index is 13.1. The number of amides is 1. The van der Waals surface area contributed by atoms with Crippen LogP contribution in [0.15, 0.2) is 30.5 Å². The fourth-order valence-corrected chi connectivity index (χ4v) is 4.73. The predicted octanol–water partition coefficient (Wildman–Crippen LogP) is 3.82. The van der Waals surface area contributed by atoms with Crippen molar-refractivity contribution < 1.29 is 45.8 Å². The van der Waals surface area contributed by atoms with E-state index in [1.165, 1.54) is 12.1 Å². The van der Waals surface area contributed by atoms with Crippen molar-refractivity contribution in [2.24, 2.45) is 7.05 Å². The second-order valence-electron chi connectivity index (χ2n) is 9.94. The third-order valence-corrected chi connectivity index (χ3v) is 6.83. The number of benzene rings is 1. The molecular formula is C27H29F6N7O4. The number of carboxylic acids is 1. The first-order valence-electron chi connectivity index (χ1n) is 13.5. The smallest absolute Gasteiger partial charge is 0.475 e. The lowest BCUT2D eigenvalue weighted by Gasteiger charge is -2.26. The summed E-state index contributed by atoms with van der Waals surface area (Å²) in [6.07, 6.45) is -5.69. The van der Waals surface area contributed by atoms with Gasteiger partial charge in [0, 0.05) is 50.7 Å². The van der Waals surface area contributed by atoms with Crippen LogP contribution in [0.3, 0.4) is 0 Å². The Hall–Kier alpha value is -4.25. The minimum absolute atomic E-state index is 0.170. The Kier molecular flexibility index (Phi) is 10.1. The van der Waals surface area contributed by atoms with Gasteiger partial charge in [-0.3, -0.25) is 14.4 Å². The molecule has 44 heavy (non-hydrogen) atoms. The van der Waals surface area contributed by atoms with Gasteiger partial charge in [0.15, 0.2) is 5.69 Å². The summed E-state index contributed by atoms with van der Waals surface area (Å²) in [5, 5.41) is 17.5. The quantitative estimate of drug-likeness (QED) is 0.348. The Morgan fingerprint density at radius 1 is 1.09 bits per heavy atom. The van der Waals surface area contributed by atoms with E-state index in [2.05, 4.69) is 30.6 Å². The van der Waals surface area contributed by atoms with E-state index < -0.39 is 23.9 Å². The number of alkyl halides is 6.